The number of esters is 1. The summed E-state index contributed by atoms with van der Waals surface area (Å²) in [5, 5.41) is 2.51. The maximum Gasteiger partial charge on any atom is 0.309 e. The van der Waals surface area contributed by atoms with Crippen molar-refractivity contribution in [3.63, 3.8) is 0 Å². The first-order valence-electron chi connectivity index (χ1n) is 8.86. The minimum Gasteiger partial charge on any atom is -0.493 e. The van der Waals surface area contributed by atoms with Crippen LogP contribution < -0.4 is 10.1 Å². The minimum atomic E-state index is -3.61. The Bertz CT molecular complexity index is 955. The van der Waals surface area contributed by atoms with Crippen molar-refractivity contribution in [1.29, 1.82) is 0 Å². The van der Waals surface area contributed by atoms with Crippen LogP contribution in [0, 0.1) is 6.92 Å². The van der Waals surface area contributed by atoms with Gasteiger partial charge in [-0.25, -0.2) is 12.7 Å². The van der Waals surface area contributed by atoms with Crippen LogP contribution in [0.15, 0.2) is 53.4 Å². The summed E-state index contributed by atoms with van der Waals surface area (Å²) in [6.45, 7) is 1.62. The van der Waals surface area contributed by atoms with E-state index in [0.29, 0.717) is 5.75 Å². The van der Waals surface area contributed by atoms with Crippen LogP contribution in [0.25, 0.3) is 0 Å². The number of carbonyl (C=O) groups is 2. The first-order valence-corrected chi connectivity index (χ1v) is 10.3. The lowest BCUT2D eigenvalue weighted by molar-refractivity contribution is -0.147. The van der Waals surface area contributed by atoms with E-state index in [1.165, 1.54) is 32.3 Å². The zero-order valence-electron chi connectivity index (χ0n) is 16.5. The van der Waals surface area contributed by atoms with E-state index in [-0.39, 0.29) is 23.6 Å². The lowest BCUT2D eigenvalue weighted by Crippen LogP contribution is -2.23. The second kappa shape index (κ2) is 10.0. The summed E-state index contributed by atoms with van der Waals surface area (Å²) in [6.07, 6.45) is -0.00226. The molecule has 0 bridgehead atoms. The van der Waals surface area contributed by atoms with Gasteiger partial charge in [0.15, 0.2) is 6.61 Å². The van der Waals surface area contributed by atoms with E-state index in [1.54, 1.807) is 18.2 Å². The Balaban J connectivity index is 1.78. The number of ether oxygens (including phenoxy) is 2. The van der Waals surface area contributed by atoms with Crippen molar-refractivity contribution in [2.75, 3.05) is 32.6 Å². The number of hydrogen-bond donors (Lipinski definition) is 1. The Morgan fingerprint density at radius 1 is 1.07 bits per heavy atom. The van der Waals surface area contributed by atoms with Crippen molar-refractivity contribution >= 4 is 27.6 Å². The highest BCUT2D eigenvalue weighted by Gasteiger charge is 2.17. The zero-order chi connectivity index (χ0) is 21.4. The number of sulfonamides is 1. The molecular formula is C20H24N2O6S. The summed E-state index contributed by atoms with van der Waals surface area (Å²) in [7, 11) is -0.775. The average Bonchev–Trinajstić information content (AvgIpc) is 2.68. The van der Waals surface area contributed by atoms with Gasteiger partial charge in [-0.15, -0.1) is 0 Å². The normalized spacial score (nSPS) is 11.2. The number of rotatable bonds is 9. The molecule has 0 saturated heterocycles. The number of carbonyl (C=O) groups excluding carboxylic acids is 2. The van der Waals surface area contributed by atoms with Gasteiger partial charge in [0, 0.05) is 19.8 Å². The summed E-state index contributed by atoms with van der Waals surface area (Å²) < 4.78 is 35.7. The highest BCUT2D eigenvalue weighted by Crippen LogP contribution is 2.18. The van der Waals surface area contributed by atoms with Crippen LogP contribution in [-0.4, -0.2) is 51.9 Å². The van der Waals surface area contributed by atoms with Crippen molar-refractivity contribution in [3.8, 4) is 5.75 Å². The zero-order valence-corrected chi connectivity index (χ0v) is 17.4. The molecule has 0 unspecified atom stereocenters. The molecule has 9 heteroatoms. The van der Waals surface area contributed by atoms with Crippen LogP contribution in [0.4, 0.5) is 5.69 Å². The largest absolute Gasteiger partial charge is 0.493 e. The van der Waals surface area contributed by atoms with E-state index < -0.39 is 28.5 Å². The van der Waals surface area contributed by atoms with Crippen molar-refractivity contribution < 1.29 is 27.5 Å². The van der Waals surface area contributed by atoms with Crippen LogP contribution in [0.3, 0.4) is 0 Å². The summed E-state index contributed by atoms with van der Waals surface area (Å²) in [6, 6.07) is 13.2. The van der Waals surface area contributed by atoms with Gasteiger partial charge in [-0.2, -0.15) is 0 Å². The molecular weight excluding hydrogens is 396 g/mol. The van der Waals surface area contributed by atoms with Crippen molar-refractivity contribution in [3.05, 3.63) is 54.1 Å². The van der Waals surface area contributed by atoms with Gasteiger partial charge < -0.3 is 14.8 Å². The summed E-state index contributed by atoms with van der Waals surface area (Å²) in [4.78, 5) is 23.7. The molecule has 1 N–H and O–H groups in total. The Morgan fingerprint density at radius 3 is 2.41 bits per heavy atom. The first-order chi connectivity index (χ1) is 13.7. The van der Waals surface area contributed by atoms with Gasteiger partial charge >= 0.3 is 5.97 Å². The average molecular weight is 420 g/mol. The van der Waals surface area contributed by atoms with Gasteiger partial charge in [-0.05, 0) is 37.3 Å². The van der Waals surface area contributed by atoms with E-state index >= 15 is 0 Å². The molecule has 0 heterocycles. The van der Waals surface area contributed by atoms with Crippen LogP contribution >= 0.6 is 0 Å². The molecule has 0 aliphatic rings. The first kappa shape index (κ1) is 22.4. The molecule has 156 valence electrons. The van der Waals surface area contributed by atoms with Gasteiger partial charge in [-0.3, -0.25) is 9.59 Å². The second-order valence-corrected chi connectivity index (χ2v) is 8.59. The lowest BCUT2D eigenvalue weighted by Gasteiger charge is -2.12. The third kappa shape index (κ3) is 6.88. The quantitative estimate of drug-likeness (QED) is 0.624. The molecule has 0 atom stereocenters. The molecule has 2 aromatic rings. The highest BCUT2D eigenvalue weighted by molar-refractivity contribution is 7.89. The van der Waals surface area contributed by atoms with Gasteiger partial charge in [0.25, 0.3) is 5.91 Å². The van der Waals surface area contributed by atoms with Crippen LogP contribution in [0.5, 0.6) is 5.75 Å². The lowest BCUT2D eigenvalue weighted by atomic mass is 10.2. The molecule has 0 aromatic heterocycles. The van der Waals surface area contributed by atoms with E-state index in [1.807, 2.05) is 19.1 Å². The van der Waals surface area contributed by atoms with Crippen LogP contribution in [-0.2, 0) is 24.3 Å². The van der Waals surface area contributed by atoms with Crippen molar-refractivity contribution in [2.45, 2.75) is 18.2 Å². The number of aryl methyl sites for hydroxylation is 1. The summed E-state index contributed by atoms with van der Waals surface area (Å²) >= 11 is 0. The summed E-state index contributed by atoms with van der Waals surface area (Å²) in [5.41, 5.74) is 1.39. The second-order valence-electron chi connectivity index (χ2n) is 6.44. The van der Waals surface area contributed by atoms with E-state index in [4.69, 9.17) is 9.47 Å². The van der Waals surface area contributed by atoms with Crippen molar-refractivity contribution in [1.82, 2.24) is 4.31 Å². The van der Waals surface area contributed by atoms with Gasteiger partial charge in [0.05, 0.1) is 17.9 Å². The topological polar surface area (TPSA) is 102 Å². The Labute approximate surface area is 170 Å². The third-order valence-corrected chi connectivity index (χ3v) is 5.67. The minimum absolute atomic E-state index is 0.00226. The molecule has 0 fully saturated rings. The molecule has 0 radical (unpaired) electrons. The fraction of sp³-hybridized carbons (Fsp3) is 0.300. The number of amides is 1. The molecule has 29 heavy (non-hydrogen) atoms. The number of benzene rings is 2. The number of nitrogens with zero attached hydrogens (tertiary/aromatic N) is 1. The Kier molecular flexibility index (Phi) is 7.74. The maximum absolute atomic E-state index is 12.1. The summed E-state index contributed by atoms with van der Waals surface area (Å²) in [5.74, 6) is -0.498. The monoisotopic (exact) mass is 420 g/mol. The molecule has 0 spiro atoms. The molecule has 0 aliphatic heterocycles. The van der Waals surface area contributed by atoms with Crippen LogP contribution in [0.1, 0.15) is 12.0 Å². The fourth-order valence-electron chi connectivity index (χ4n) is 2.25. The Hall–Kier alpha value is -2.91. The van der Waals surface area contributed by atoms with Gasteiger partial charge in [-0.1, -0.05) is 23.8 Å². The predicted molar refractivity (Wildman–Crippen MR) is 108 cm³/mol. The number of anilines is 1. The number of hydrogen-bond acceptors (Lipinski definition) is 6. The van der Waals surface area contributed by atoms with Crippen LogP contribution in [0.2, 0.25) is 0 Å². The van der Waals surface area contributed by atoms with E-state index in [0.717, 1.165) is 9.87 Å². The standard InChI is InChI=1S/C20H24N2O6S/c1-15-7-9-17(10-8-15)27-12-11-20(24)28-14-19(23)21-16-5-4-6-18(13-16)29(25,26)22(2)3/h4-10,13H,11-12,14H2,1-3H3,(H,21,23). The SMILES string of the molecule is Cc1ccc(OCCC(=O)OCC(=O)Nc2cccc(S(=O)(=O)N(C)C)c2)cc1. The van der Waals surface area contributed by atoms with E-state index in [9.17, 15) is 18.0 Å². The van der Waals surface area contributed by atoms with Crippen molar-refractivity contribution in [2.24, 2.45) is 0 Å². The maximum atomic E-state index is 12.1. The smallest absolute Gasteiger partial charge is 0.309 e. The van der Waals surface area contributed by atoms with E-state index in [2.05, 4.69) is 5.32 Å². The van der Waals surface area contributed by atoms with Gasteiger partial charge in [0.2, 0.25) is 10.0 Å². The molecule has 8 nitrogen and oxygen atoms in total. The Morgan fingerprint density at radius 2 is 1.76 bits per heavy atom. The fourth-order valence-corrected chi connectivity index (χ4v) is 3.20. The molecule has 2 aromatic carbocycles. The molecule has 1 amide bonds. The van der Waals surface area contributed by atoms with Gasteiger partial charge in [0.1, 0.15) is 5.75 Å². The molecule has 0 aliphatic carbocycles. The highest BCUT2D eigenvalue weighted by atomic mass is 32.2. The third-order valence-electron chi connectivity index (χ3n) is 3.86. The molecule has 0 saturated carbocycles. The number of nitrogens with one attached hydrogen (secondary N) is 1. The predicted octanol–water partition coefficient (Wildman–Crippen LogP) is 2.20. The molecule has 2 rings (SSSR count).